The standard InChI is InChI=1S/C20H14ClFN4O/c21-16-5-3-13(8-17(16)22)15-11-26(10-12-2-1-7-24-9-12)20-14(15)4-6-18(25-20)19(23)27/h1-9,11H,10H2,(H2,23,27). The molecule has 0 bridgehead atoms. The van der Waals surface area contributed by atoms with Crippen LogP contribution < -0.4 is 5.73 Å². The van der Waals surface area contributed by atoms with Gasteiger partial charge < -0.3 is 10.3 Å². The monoisotopic (exact) mass is 380 g/mol. The molecule has 0 spiro atoms. The van der Waals surface area contributed by atoms with Gasteiger partial charge in [0.2, 0.25) is 0 Å². The molecule has 1 aromatic carbocycles. The number of nitrogens with zero attached hydrogens (tertiary/aromatic N) is 3. The van der Waals surface area contributed by atoms with Crippen molar-refractivity contribution < 1.29 is 9.18 Å². The van der Waals surface area contributed by atoms with E-state index in [-0.39, 0.29) is 10.7 Å². The van der Waals surface area contributed by atoms with Crippen LogP contribution in [0.2, 0.25) is 5.02 Å². The number of pyridine rings is 2. The summed E-state index contributed by atoms with van der Waals surface area (Å²) in [4.78, 5) is 20.1. The van der Waals surface area contributed by atoms with E-state index in [0.29, 0.717) is 17.8 Å². The molecule has 0 aliphatic carbocycles. The van der Waals surface area contributed by atoms with Crippen LogP contribution in [0, 0.1) is 5.82 Å². The third-order valence-corrected chi connectivity index (χ3v) is 4.59. The van der Waals surface area contributed by atoms with Gasteiger partial charge in [-0.2, -0.15) is 0 Å². The van der Waals surface area contributed by atoms with Crippen LogP contribution in [0.3, 0.4) is 0 Å². The molecular formula is C20H14ClFN4O. The van der Waals surface area contributed by atoms with Crippen molar-refractivity contribution >= 4 is 28.5 Å². The number of amides is 1. The molecule has 0 atom stereocenters. The zero-order chi connectivity index (χ0) is 19.0. The minimum Gasteiger partial charge on any atom is -0.364 e. The van der Waals surface area contributed by atoms with Gasteiger partial charge in [-0.1, -0.05) is 23.7 Å². The number of nitrogens with two attached hydrogens (primary N) is 1. The molecule has 134 valence electrons. The fourth-order valence-electron chi connectivity index (χ4n) is 3.00. The molecule has 0 saturated heterocycles. The Labute approximate surface area is 159 Å². The molecule has 2 N–H and O–H groups in total. The van der Waals surface area contributed by atoms with Gasteiger partial charge in [-0.05, 0) is 41.5 Å². The van der Waals surface area contributed by atoms with Gasteiger partial charge in [0.1, 0.15) is 17.2 Å². The molecule has 3 aromatic heterocycles. The first-order chi connectivity index (χ1) is 13.0. The molecule has 3 heterocycles. The highest BCUT2D eigenvalue weighted by Gasteiger charge is 2.15. The number of carbonyl (C=O) groups is 1. The van der Waals surface area contributed by atoms with Crippen molar-refractivity contribution in [2.75, 3.05) is 0 Å². The predicted molar refractivity (Wildman–Crippen MR) is 102 cm³/mol. The van der Waals surface area contributed by atoms with E-state index in [1.807, 2.05) is 22.9 Å². The van der Waals surface area contributed by atoms with Crippen LogP contribution in [-0.2, 0) is 6.54 Å². The lowest BCUT2D eigenvalue weighted by molar-refractivity contribution is 0.0996. The maximum absolute atomic E-state index is 14.0. The third-order valence-electron chi connectivity index (χ3n) is 4.28. The highest BCUT2D eigenvalue weighted by molar-refractivity contribution is 6.30. The van der Waals surface area contributed by atoms with Crippen LogP contribution >= 0.6 is 11.6 Å². The van der Waals surface area contributed by atoms with Crippen molar-refractivity contribution in [3.8, 4) is 11.1 Å². The summed E-state index contributed by atoms with van der Waals surface area (Å²) >= 11 is 5.80. The average molecular weight is 381 g/mol. The zero-order valence-corrected chi connectivity index (χ0v) is 14.8. The summed E-state index contributed by atoms with van der Waals surface area (Å²) in [5.74, 6) is -1.10. The van der Waals surface area contributed by atoms with E-state index >= 15 is 0 Å². The van der Waals surface area contributed by atoms with Crippen molar-refractivity contribution in [1.82, 2.24) is 14.5 Å². The first-order valence-electron chi connectivity index (χ1n) is 8.17. The quantitative estimate of drug-likeness (QED) is 0.580. The van der Waals surface area contributed by atoms with Gasteiger partial charge in [0.05, 0.1) is 11.6 Å². The number of benzene rings is 1. The summed E-state index contributed by atoms with van der Waals surface area (Å²) in [6.07, 6.45) is 5.33. The smallest absolute Gasteiger partial charge is 0.267 e. The maximum atomic E-state index is 14.0. The van der Waals surface area contributed by atoms with Gasteiger partial charge in [0.25, 0.3) is 5.91 Å². The van der Waals surface area contributed by atoms with Crippen LogP contribution in [-0.4, -0.2) is 20.4 Å². The number of hydrogen-bond donors (Lipinski definition) is 1. The molecule has 4 rings (SSSR count). The predicted octanol–water partition coefficient (Wildman–Crippen LogP) is 4.04. The molecule has 0 aliphatic rings. The van der Waals surface area contributed by atoms with Gasteiger partial charge in [0.15, 0.2) is 0 Å². The lowest BCUT2D eigenvalue weighted by Crippen LogP contribution is -2.13. The summed E-state index contributed by atoms with van der Waals surface area (Å²) in [5, 5.41) is 0.845. The van der Waals surface area contributed by atoms with Gasteiger partial charge >= 0.3 is 0 Å². The zero-order valence-electron chi connectivity index (χ0n) is 14.1. The maximum Gasteiger partial charge on any atom is 0.267 e. The van der Waals surface area contributed by atoms with Crippen molar-refractivity contribution in [1.29, 1.82) is 0 Å². The van der Waals surface area contributed by atoms with Crippen molar-refractivity contribution in [2.45, 2.75) is 6.54 Å². The molecule has 4 aromatic rings. The minimum atomic E-state index is -0.606. The second-order valence-corrected chi connectivity index (χ2v) is 6.50. The van der Waals surface area contributed by atoms with Crippen LogP contribution in [0.15, 0.2) is 61.1 Å². The third kappa shape index (κ3) is 3.27. The van der Waals surface area contributed by atoms with E-state index in [4.69, 9.17) is 17.3 Å². The minimum absolute atomic E-state index is 0.0620. The van der Waals surface area contributed by atoms with E-state index in [9.17, 15) is 9.18 Å². The highest BCUT2D eigenvalue weighted by atomic mass is 35.5. The number of rotatable bonds is 4. The second-order valence-electron chi connectivity index (χ2n) is 6.09. The summed E-state index contributed by atoms with van der Waals surface area (Å²) in [5.41, 5.74) is 8.55. The lowest BCUT2D eigenvalue weighted by Gasteiger charge is -2.05. The van der Waals surface area contributed by atoms with E-state index < -0.39 is 11.7 Å². The average Bonchev–Trinajstić information content (AvgIpc) is 3.02. The molecule has 0 unspecified atom stereocenters. The Morgan fingerprint density at radius 2 is 2.07 bits per heavy atom. The molecular weight excluding hydrogens is 367 g/mol. The molecule has 0 saturated carbocycles. The largest absolute Gasteiger partial charge is 0.364 e. The molecule has 7 heteroatoms. The van der Waals surface area contributed by atoms with Gasteiger partial charge in [-0.15, -0.1) is 0 Å². The van der Waals surface area contributed by atoms with E-state index in [2.05, 4.69) is 9.97 Å². The number of aromatic nitrogens is 3. The topological polar surface area (TPSA) is 73.8 Å². The van der Waals surface area contributed by atoms with Crippen LogP contribution in [0.25, 0.3) is 22.2 Å². The van der Waals surface area contributed by atoms with Crippen molar-refractivity contribution in [3.63, 3.8) is 0 Å². The summed E-state index contributed by atoms with van der Waals surface area (Å²) < 4.78 is 15.9. The highest BCUT2D eigenvalue weighted by Crippen LogP contribution is 2.32. The van der Waals surface area contributed by atoms with E-state index in [0.717, 1.165) is 16.5 Å². The summed E-state index contributed by atoms with van der Waals surface area (Å²) in [7, 11) is 0. The Bertz CT molecular complexity index is 1160. The second kappa shape index (κ2) is 6.81. The van der Waals surface area contributed by atoms with Gasteiger partial charge in [0, 0.05) is 29.5 Å². The van der Waals surface area contributed by atoms with E-state index in [1.165, 1.54) is 12.1 Å². The van der Waals surface area contributed by atoms with Gasteiger partial charge in [-0.3, -0.25) is 9.78 Å². The fraction of sp³-hybridized carbons (Fsp3) is 0.0500. The molecule has 0 radical (unpaired) electrons. The normalized spacial score (nSPS) is 11.0. The Morgan fingerprint density at radius 1 is 1.22 bits per heavy atom. The Morgan fingerprint density at radius 3 is 2.78 bits per heavy atom. The van der Waals surface area contributed by atoms with Crippen LogP contribution in [0.5, 0.6) is 0 Å². The molecule has 27 heavy (non-hydrogen) atoms. The molecule has 1 amide bonds. The number of hydrogen-bond acceptors (Lipinski definition) is 3. The fourth-order valence-corrected chi connectivity index (χ4v) is 3.12. The van der Waals surface area contributed by atoms with Gasteiger partial charge in [-0.25, -0.2) is 9.37 Å². The van der Waals surface area contributed by atoms with Crippen LogP contribution in [0.4, 0.5) is 4.39 Å². The van der Waals surface area contributed by atoms with Crippen LogP contribution in [0.1, 0.15) is 16.1 Å². The summed E-state index contributed by atoms with van der Waals surface area (Å²) in [6.45, 7) is 0.496. The Hall–Kier alpha value is -3.25. The molecule has 0 aliphatic heterocycles. The number of carbonyl (C=O) groups excluding carboxylic acids is 1. The SMILES string of the molecule is NC(=O)c1ccc2c(-c3ccc(Cl)c(F)c3)cn(Cc3cccnc3)c2n1. The number of primary amides is 1. The molecule has 0 fully saturated rings. The molecule has 5 nitrogen and oxygen atoms in total. The Kier molecular flexibility index (Phi) is 4.33. The Balaban J connectivity index is 1.91. The summed E-state index contributed by atoms with van der Waals surface area (Å²) in [6, 6.07) is 11.8. The number of fused-ring (bicyclic) bond motifs is 1. The van der Waals surface area contributed by atoms with E-state index in [1.54, 1.807) is 30.6 Å². The number of halogens is 2. The lowest BCUT2D eigenvalue weighted by atomic mass is 10.1. The first kappa shape index (κ1) is 17.2. The van der Waals surface area contributed by atoms with Crippen molar-refractivity contribution in [3.05, 3.63) is 83.2 Å². The van der Waals surface area contributed by atoms with Crippen molar-refractivity contribution in [2.24, 2.45) is 5.73 Å². The first-order valence-corrected chi connectivity index (χ1v) is 8.55.